The van der Waals surface area contributed by atoms with Crippen molar-refractivity contribution < 1.29 is 12.7 Å². The maximum Gasteiger partial charge on any atom is 0.163 e. The van der Waals surface area contributed by atoms with Gasteiger partial charge in [-0.2, -0.15) is 0 Å². The Labute approximate surface area is 165 Å². The summed E-state index contributed by atoms with van der Waals surface area (Å²) >= 11 is 1.84. The largest absolute Gasteiger partial charge is 0.308 e. The topological polar surface area (TPSA) is 43.4 Å². The Hall–Kier alpha value is -0.230. The summed E-state index contributed by atoms with van der Waals surface area (Å²) in [6.07, 6.45) is 10.7. The lowest BCUT2D eigenvalue weighted by atomic mass is 9.46. The lowest BCUT2D eigenvalue weighted by Gasteiger charge is -2.58. The fourth-order valence-electron chi connectivity index (χ4n) is 7.24. The van der Waals surface area contributed by atoms with E-state index in [0.29, 0.717) is 23.4 Å². The van der Waals surface area contributed by atoms with E-state index >= 15 is 0 Å². The molecule has 0 spiro atoms. The lowest BCUT2D eigenvalue weighted by Crippen LogP contribution is -2.51. The van der Waals surface area contributed by atoms with Crippen molar-refractivity contribution in [2.75, 3.05) is 6.61 Å². The molecule has 3 fully saturated rings. The van der Waals surface area contributed by atoms with Crippen LogP contribution in [0.4, 0.5) is 0 Å². The van der Waals surface area contributed by atoms with Gasteiger partial charge in [0.05, 0.1) is 0 Å². The first-order chi connectivity index (χ1) is 11.9. The third kappa shape index (κ3) is 2.69. The molecule has 4 aliphatic rings. The van der Waals surface area contributed by atoms with E-state index in [0.717, 1.165) is 38.0 Å². The summed E-state index contributed by atoms with van der Waals surface area (Å²) in [5.74, 6) is 2.93. The van der Waals surface area contributed by atoms with E-state index in [-0.39, 0.29) is 23.4 Å². The van der Waals surface area contributed by atoms with E-state index in [1.165, 1.54) is 24.8 Å². The number of carbonyl (C=O) groups is 2. The van der Waals surface area contributed by atoms with Crippen molar-refractivity contribution in [2.24, 2.45) is 34.5 Å². The van der Waals surface area contributed by atoms with Gasteiger partial charge in [0.2, 0.25) is 0 Å². The third-order valence-corrected chi connectivity index (χ3v) is 8.86. The Kier molecular flexibility index (Phi) is 4.67. The second-order valence-corrected chi connectivity index (χ2v) is 9.99. The predicted octanol–water partition coefficient (Wildman–Crippen LogP) is 5.07. The van der Waals surface area contributed by atoms with Crippen molar-refractivity contribution in [3.05, 3.63) is 11.6 Å². The van der Waals surface area contributed by atoms with Crippen molar-refractivity contribution in [1.82, 2.24) is 0 Å². The van der Waals surface area contributed by atoms with Crippen LogP contribution >= 0.6 is 23.0 Å². The smallest absolute Gasteiger partial charge is 0.163 e. The zero-order chi connectivity index (χ0) is 17.8. The van der Waals surface area contributed by atoms with E-state index in [2.05, 4.69) is 13.8 Å². The van der Waals surface area contributed by atoms with Gasteiger partial charge in [-0.05, 0) is 79.6 Å². The molecule has 4 heteroatoms. The SMILES string of the molecule is C[C@]12CCC(=O)C=C1CC[C@H]1C3CC[C@H](C(=O)COI)[C@@]3(C)CC[C@@H]12. The van der Waals surface area contributed by atoms with Gasteiger partial charge in [0.15, 0.2) is 11.6 Å². The second-order valence-electron chi connectivity index (χ2n) is 9.36. The summed E-state index contributed by atoms with van der Waals surface area (Å²) in [7, 11) is 0. The van der Waals surface area contributed by atoms with Crippen LogP contribution in [0.1, 0.15) is 65.2 Å². The van der Waals surface area contributed by atoms with Gasteiger partial charge in [-0.3, -0.25) is 9.59 Å². The summed E-state index contributed by atoms with van der Waals surface area (Å²) in [5.41, 5.74) is 1.82. The first-order valence-corrected chi connectivity index (χ1v) is 10.8. The molecule has 138 valence electrons. The molecule has 0 radical (unpaired) electrons. The highest BCUT2D eigenvalue weighted by Crippen LogP contribution is 2.66. The van der Waals surface area contributed by atoms with Crippen molar-refractivity contribution in [3.8, 4) is 0 Å². The molecule has 4 aliphatic carbocycles. The molecule has 0 aromatic carbocycles. The summed E-state index contributed by atoms with van der Waals surface area (Å²) in [4.78, 5) is 24.5. The summed E-state index contributed by atoms with van der Waals surface area (Å²) in [6, 6.07) is 0. The van der Waals surface area contributed by atoms with Crippen LogP contribution < -0.4 is 0 Å². The van der Waals surface area contributed by atoms with Gasteiger partial charge in [-0.1, -0.05) is 19.4 Å². The quantitative estimate of drug-likeness (QED) is 0.557. The Balaban J connectivity index is 1.61. The van der Waals surface area contributed by atoms with Crippen LogP contribution in [0.25, 0.3) is 0 Å². The van der Waals surface area contributed by atoms with Crippen LogP contribution in [0.15, 0.2) is 11.6 Å². The first kappa shape index (κ1) is 18.1. The molecule has 4 rings (SSSR count). The number of Topliss-reactive ketones (excluding diaryl/α,β-unsaturated/α-hetero) is 1. The molecule has 0 heterocycles. The van der Waals surface area contributed by atoms with E-state index in [9.17, 15) is 9.59 Å². The van der Waals surface area contributed by atoms with Crippen molar-refractivity contribution in [1.29, 1.82) is 0 Å². The molecule has 6 atom stereocenters. The van der Waals surface area contributed by atoms with Crippen LogP contribution in [0.3, 0.4) is 0 Å². The van der Waals surface area contributed by atoms with Crippen LogP contribution in [0.5, 0.6) is 0 Å². The predicted molar refractivity (Wildman–Crippen MR) is 105 cm³/mol. The zero-order valence-corrected chi connectivity index (χ0v) is 17.5. The van der Waals surface area contributed by atoms with Gasteiger partial charge in [0.1, 0.15) is 29.6 Å². The molecule has 0 saturated heterocycles. The minimum Gasteiger partial charge on any atom is -0.308 e. The lowest BCUT2D eigenvalue weighted by molar-refractivity contribution is -0.131. The minimum atomic E-state index is 0.162. The maximum atomic E-state index is 12.6. The highest BCUT2D eigenvalue weighted by Gasteiger charge is 2.59. The molecule has 0 aromatic heterocycles. The number of fused-ring (bicyclic) bond motifs is 5. The molecule has 25 heavy (non-hydrogen) atoms. The number of rotatable bonds is 3. The van der Waals surface area contributed by atoms with Crippen LogP contribution in [0, 0.1) is 34.5 Å². The van der Waals surface area contributed by atoms with Crippen LogP contribution in [-0.2, 0) is 12.7 Å². The summed E-state index contributed by atoms with van der Waals surface area (Å²) < 4.78 is 5.13. The second kappa shape index (κ2) is 6.43. The molecule has 0 N–H and O–H groups in total. The Morgan fingerprint density at radius 2 is 1.96 bits per heavy atom. The number of hydrogen-bond acceptors (Lipinski definition) is 3. The van der Waals surface area contributed by atoms with Crippen molar-refractivity contribution in [3.63, 3.8) is 0 Å². The zero-order valence-electron chi connectivity index (χ0n) is 15.4. The van der Waals surface area contributed by atoms with E-state index in [1.807, 2.05) is 29.1 Å². The average Bonchev–Trinajstić information content (AvgIpc) is 2.93. The molecule has 3 saturated carbocycles. The molecule has 0 bridgehead atoms. The van der Waals surface area contributed by atoms with E-state index in [1.54, 1.807) is 0 Å². The fourth-order valence-corrected chi connectivity index (χ4v) is 7.55. The monoisotopic (exact) mass is 456 g/mol. The number of carbonyl (C=O) groups excluding carboxylic acids is 2. The van der Waals surface area contributed by atoms with E-state index < -0.39 is 0 Å². The highest BCUT2D eigenvalue weighted by molar-refractivity contribution is 14.1. The van der Waals surface area contributed by atoms with Crippen molar-refractivity contribution in [2.45, 2.75) is 65.2 Å². The van der Waals surface area contributed by atoms with E-state index in [4.69, 9.17) is 3.07 Å². The van der Waals surface area contributed by atoms with Gasteiger partial charge in [-0.15, -0.1) is 0 Å². The Morgan fingerprint density at radius 1 is 1.16 bits per heavy atom. The summed E-state index contributed by atoms with van der Waals surface area (Å²) in [6.45, 7) is 5.06. The standard InChI is InChI=1S/C21H29IO3/c1-20-9-7-14(23)11-13(20)3-4-15-16-5-6-18(19(24)12-25-22)21(16,2)10-8-17(15)20/h11,15-18H,3-10,12H2,1-2H3/t15-,16?,17-,18+,20-,21-/m0/s1. The molecule has 3 nitrogen and oxygen atoms in total. The van der Waals surface area contributed by atoms with Gasteiger partial charge < -0.3 is 3.07 Å². The molecule has 1 unspecified atom stereocenters. The number of allylic oxidation sites excluding steroid dienone is 1. The van der Waals surface area contributed by atoms with Gasteiger partial charge in [-0.25, -0.2) is 0 Å². The fraction of sp³-hybridized carbons (Fsp3) is 0.810. The van der Waals surface area contributed by atoms with Crippen molar-refractivity contribution >= 4 is 34.6 Å². The average molecular weight is 456 g/mol. The number of halogens is 1. The van der Waals surface area contributed by atoms with Gasteiger partial charge >= 0.3 is 0 Å². The Bertz CT molecular complexity index is 627. The van der Waals surface area contributed by atoms with Gasteiger partial charge in [0, 0.05) is 12.3 Å². The minimum absolute atomic E-state index is 0.162. The third-order valence-electron chi connectivity index (χ3n) is 8.55. The normalized spacial score (nSPS) is 46.0. The highest BCUT2D eigenvalue weighted by atomic mass is 127. The van der Waals surface area contributed by atoms with Gasteiger partial charge in [0.25, 0.3) is 0 Å². The molecular formula is C21H29IO3. The number of ketones is 2. The first-order valence-electron chi connectivity index (χ1n) is 9.90. The van der Waals surface area contributed by atoms with Crippen LogP contribution in [-0.4, -0.2) is 18.2 Å². The summed E-state index contributed by atoms with van der Waals surface area (Å²) in [5, 5.41) is 0. The maximum absolute atomic E-state index is 12.6. The number of hydrogen-bond donors (Lipinski definition) is 0. The molecule has 0 aliphatic heterocycles. The molecular weight excluding hydrogens is 427 g/mol. The molecule has 0 aromatic rings. The van der Waals surface area contributed by atoms with Crippen LogP contribution in [0.2, 0.25) is 0 Å². The molecule has 0 amide bonds. The Morgan fingerprint density at radius 3 is 2.72 bits per heavy atom.